The lowest BCUT2D eigenvalue weighted by atomic mass is 9.90. The van der Waals surface area contributed by atoms with E-state index in [4.69, 9.17) is 0 Å². The monoisotopic (exact) mass is 260 g/mol. The summed E-state index contributed by atoms with van der Waals surface area (Å²) in [6.45, 7) is 4.48. The van der Waals surface area contributed by atoms with Crippen LogP contribution < -0.4 is 0 Å². The zero-order chi connectivity index (χ0) is 13.9. The zero-order valence-electron chi connectivity index (χ0n) is 12.5. The molecule has 0 fully saturated rings. The first-order valence-electron chi connectivity index (χ1n) is 7.86. The third kappa shape index (κ3) is 6.56. The number of rotatable bonds is 10. The van der Waals surface area contributed by atoms with Crippen molar-refractivity contribution in [3.8, 4) is 0 Å². The van der Waals surface area contributed by atoms with E-state index >= 15 is 0 Å². The maximum Gasteiger partial charge on any atom is 0.162 e. The number of hydrogen-bond acceptors (Lipinski definition) is 1. The highest BCUT2D eigenvalue weighted by Gasteiger charge is 2.11. The quantitative estimate of drug-likeness (QED) is 0.497. The molecule has 0 aliphatic heterocycles. The molecule has 0 saturated carbocycles. The van der Waals surface area contributed by atoms with E-state index in [1.165, 1.54) is 38.5 Å². The molecule has 0 aromatic heterocycles. The largest absolute Gasteiger partial charge is 0.294 e. The Morgan fingerprint density at radius 3 is 2.05 bits per heavy atom. The number of carbonyl (C=O) groups is 1. The molecule has 0 aliphatic carbocycles. The Kier molecular flexibility index (Phi) is 8.20. The van der Waals surface area contributed by atoms with Gasteiger partial charge >= 0.3 is 0 Å². The molecule has 0 saturated heterocycles. The number of unbranched alkanes of at least 4 members (excludes halogenated alkanes) is 2. The second-order valence-electron chi connectivity index (χ2n) is 5.48. The van der Waals surface area contributed by atoms with Crippen LogP contribution in [0.25, 0.3) is 0 Å². The molecule has 1 nitrogen and oxygen atoms in total. The van der Waals surface area contributed by atoms with Gasteiger partial charge in [0, 0.05) is 12.0 Å². The van der Waals surface area contributed by atoms with Gasteiger partial charge in [0.2, 0.25) is 0 Å². The molecule has 0 unspecified atom stereocenters. The molecular formula is C18H28O. The average molecular weight is 260 g/mol. The first-order chi connectivity index (χ1) is 9.27. The highest BCUT2D eigenvalue weighted by Crippen LogP contribution is 2.22. The summed E-state index contributed by atoms with van der Waals surface area (Å²) in [5.74, 6) is 1.05. The summed E-state index contributed by atoms with van der Waals surface area (Å²) in [5, 5.41) is 0. The first kappa shape index (κ1) is 15.9. The van der Waals surface area contributed by atoms with Crippen molar-refractivity contribution in [2.75, 3.05) is 0 Å². The van der Waals surface area contributed by atoms with Gasteiger partial charge in [0.15, 0.2) is 5.78 Å². The van der Waals surface area contributed by atoms with Crippen molar-refractivity contribution in [1.82, 2.24) is 0 Å². The highest BCUT2D eigenvalue weighted by molar-refractivity contribution is 5.95. The van der Waals surface area contributed by atoms with E-state index in [1.807, 2.05) is 30.3 Å². The third-order valence-electron chi connectivity index (χ3n) is 3.81. The van der Waals surface area contributed by atoms with E-state index in [0.717, 1.165) is 17.9 Å². The summed E-state index contributed by atoms with van der Waals surface area (Å²) >= 11 is 0. The van der Waals surface area contributed by atoms with Crippen LogP contribution in [0.15, 0.2) is 30.3 Å². The number of ketones is 1. The van der Waals surface area contributed by atoms with Crippen molar-refractivity contribution in [3.05, 3.63) is 35.9 Å². The summed E-state index contributed by atoms with van der Waals surface area (Å²) in [7, 11) is 0. The van der Waals surface area contributed by atoms with Gasteiger partial charge in [-0.25, -0.2) is 0 Å². The van der Waals surface area contributed by atoms with Gasteiger partial charge in [-0.1, -0.05) is 82.7 Å². The number of benzene rings is 1. The van der Waals surface area contributed by atoms with Crippen molar-refractivity contribution in [2.45, 2.75) is 65.2 Å². The normalized spacial score (nSPS) is 10.9. The highest BCUT2D eigenvalue weighted by atomic mass is 16.1. The molecule has 0 aliphatic rings. The second kappa shape index (κ2) is 9.77. The van der Waals surface area contributed by atoms with Crippen LogP contribution in [0, 0.1) is 5.92 Å². The lowest BCUT2D eigenvalue weighted by molar-refractivity contribution is 0.0971. The lowest BCUT2D eigenvalue weighted by Gasteiger charge is -2.15. The maximum atomic E-state index is 12.1. The Morgan fingerprint density at radius 2 is 1.53 bits per heavy atom. The fraction of sp³-hybridized carbons (Fsp3) is 0.611. The molecule has 0 atom stereocenters. The van der Waals surface area contributed by atoms with Gasteiger partial charge < -0.3 is 0 Å². The Morgan fingerprint density at radius 1 is 0.947 bits per heavy atom. The van der Waals surface area contributed by atoms with Crippen LogP contribution in [0.3, 0.4) is 0 Å². The number of Topliss-reactive ketones (excluding diaryl/α,β-unsaturated/α-hetero) is 1. The van der Waals surface area contributed by atoms with Crippen molar-refractivity contribution >= 4 is 5.78 Å². The third-order valence-corrected chi connectivity index (χ3v) is 3.81. The Bertz CT molecular complexity index is 334. The smallest absolute Gasteiger partial charge is 0.162 e. The molecule has 1 heteroatoms. The van der Waals surface area contributed by atoms with Crippen LogP contribution >= 0.6 is 0 Å². The van der Waals surface area contributed by atoms with Crippen LogP contribution in [-0.2, 0) is 0 Å². The van der Waals surface area contributed by atoms with E-state index in [9.17, 15) is 4.79 Å². The molecule has 0 N–H and O–H groups in total. The number of carbonyl (C=O) groups excluding carboxylic acids is 1. The standard InChI is InChI=1S/C18H28O/c1-3-5-10-16(11-6-4-2)14-15-18(19)17-12-8-7-9-13-17/h7-9,12-13,16H,3-6,10-11,14-15H2,1-2H3. The van der Waals surface area contributed by atoms with Crippen LogP contribution in [0.1, 0.15) is 75.6 Å². The van der Waals surface area contributed by atoms with Crippen molar-refractivity contribution in [3.63, 3.8) is 0 Å². The van der Waals surface area contributed by atoms with Gasteiger partial charge in [-0.3, -0.25) is 4.79 Å². The van der Waals surface area contributed by atoms with Gasteiger partial charge in [0.25, 0.3) is 0 Å². The molecule has 0 heterocycles. The van der Waals surface area contributed by atoms with Crippen molar-refractivity contribution in [2.24, 2.45) is 5.92 Å². The Labute approximate surface area is 118 Å². The van der Waals surface area contributed by atoms with Gasteiger partial charge in [0.05, 0.1) is 0 Å². The maximum absolute atomic E-state index is 12.1. The molecule has 1 aromatic carbocycles. The van der Waals surface area contributed by atoms with Gasteiger partial charge in [-0.05, 0) is 12.3 Å². The second-order valence-corrected chi connectivity index (χ2v) is 5.48. The van der Waals surface area contributed by atoms with Gasteiger partial charge in [-0.15, -0.1) is 0 Å². The topological polar surface area (TPSA) is 17.1 Å². The van der Waals surface area contributed by atoms with E-state index in [2.05, 4.69) is 13.8 Å². The Balaban J connectivity index is 2.39. The van der Waals surface area contributed by atoms with E-state index in [0.29, 0.717) is 12.2 Å². The molecule has 0 bridgehead atoms. The average Bonchev–Trinajstić information content (AvgIpc) is 2.47. The minimum Gasteiger partial charge on any atom is -0.294 e. The predicted molar refractivity (Wildman–Crippen MR) is 82.5 cm³/mol. The molecule has 0 amide bonds. The molecule has 106 valence electrons. The molecule has 1 aromatic rings. The van der Waals surface area contributed by atoms with Crippen LogP contribution in [-0.4, -0.2) is 5.78 Å². The summed E-state index contributed by atoms with van der Waals surface area (Å²) in [5.41, 5.74) is 0.868. The summed E-state index contributed by atoms with van der Waals surface area (Å²) in [6, 6.07) is 9.70. The zero-order valence-corrected chi connectivity index (χ0v) is 12.5. The molecule has 19 heavy (non-hydrogen) atoms. The van der Waals surface area contributed by atoms with E-state index in [1.54, 1.807) is 0 Å². The summed E-state index contributed by atoms with van der Waals surface area (Å²) in [6.07, 6.45) is 9.47. The lowest BCUT2D eigenvalue weighted by Crippen LogP contribution is -2.06. The molecule has 1 rings (SSSR count). The SMILES string of the molecule is CCCCC(CCCC)CCC(=O)c1ccccc1. The summed E-state index contributed by atoms with van der Waals surface area (Å²) in [4.78, 5) is 12.1. The molecule has 0 spiro atoms. The summed E-state index contributed by atoms with van der Waals surface area (Å²) < 4.78 is 0. The first-order valence-corrected chi connectivity index (χ1v) is 7.86. The fourth-order valence-corrected chi connectivity index (χ4v) is 2.52. The number of hydrogen-bond donors (Lipinski definition) is 0. The van der Waals surface area contributed by atoms with Crippen LogP contribution in [0.2, 0.25) is 0 Å². The molecule has 0 radical (unpaired) electrons. The van der Waals surface area contributed by atoms with Gasteiger partial charge in [-0.2, -0.15) is 0 Å². The van der Waals surface area contributed by atoms with Crippen LogP contribution in [0.5, 0.6) is 0 Å². The molecular weight excluding hydrogens is 232 g/mol. The predicted octanol–water partition coefficient (Wildman–Crippen LogP) is 5.65. The fourth-order valence-electron chi connectivity index (χ4n) is 2.52. The Hall–Kier alpha value is -1.11. The van der Waals surface area contributed by atoms with Crippen LogP contribution in [0.4, 0.5) is 0 Å². The minimum absolute atomic E-state index is 0.304. The van der Waals surface area contributed by atoms with E-state index in [-0.39, 0.29) is 0 Å². The van der Waals surface area contributed by atoms with Crippen molar-refractivity contribution in [1.29, 1.82) is 0 Å². The minimum atomic E-state index is 0.304. The van der Waals surface area contributed by atoms with Crippen molar-refractivity contribution < 1.29 is 4.79 Å². The van der Waals surface area contributed by atoms with E-state index < -0.39 is 0 Å². The van der Waals surface area contributed by atoms with Gasteiger partial charge in [0.1, 0.15) is 0 Å².